The summed E-state index contributed by atoms with van der Waals surface area (Å²) >= 11 is 1.85. The van der Waals surface area contributed by atoms with Crippen LogP contribution in [0.4, 0.5) is 5.82 Å². The van der Waals surface area contributed by atoms with Crippen LogP contribution in [0, 0.1) is 5.92 Å². The second kappa shape index (κ2) is 5.69. The van der Waals surface area contributed by atoms with Crippen molar-refractivity contribution in [3.05, 3.63) is 52.7 Å². The Bertz CT molecular complexity index is 795. The highest BCUT2D eigenvalue weighted by Gasteiger charge is 2.22. The molecule has 2 aromatic heterocycles. The number of rotatable bonds is 3. The van der Waals surface area contributed by atoms with Crippen molar-refractivity contribution in [1.29, 1.82) is 0 Å². The van der Waals surface area contributed by atoms with Crippen LogP contribution in [0.3, 0.4) is 0 Å². The summed E-state index contributed by atoms with van der Waals surface area (Å²) in [5.74, 6) is 1.77. The summed E-state index contributed by atoms with van der Waals surface area (Å²) in [6, 6.07) is 10.5. The van der Waals surface area contributed by atoms with E-state index in [2.05, 4.69) is 46.5 Å². The van der Waals surface area contributed by atoms with Gasteiger partial charge in [-0.1, -0.05) is 37.3 Å². The summed E-state index contributed by atoms with van der Waals surface area (Å²) in [5, 5.41) is 4.76. The molecule has 1 atom stereocenters. The molecule has 1 N–H and O–H groups in total. The van der Waals surface area contributed by atoms with Crippen LogP contribution in [0.2, 0.25) is 0 Å². The van der Waals surface area contributed by atoms with Crippen LogP contribution in [-0.4, -0.2) is 9.97 Å². The van der Waals surface area contributed by atoms with E-state index in [0.717, 1.165) is 29.5 Å². The summed E-state index contributed by atoms with van der Waals surface area (Å²) in [7, 11) is 0. The van der Waals surface area contributed by atoms with Gasteiger partial charge in [0.2, 0.25) is 0 Å². The number of nitrogens with zero attached hydrogens (tertiary/aromatic N) is 2. The summed E-state index contributed by atoms with van der Waals surface area (Å²) in [5.41, 5.74) is 2.75. The van der Waals surface area contributed by atoms with E-state index < -0.39 is 0 Å². The van der Waals surface area contributed by atoms with Gasteiger partial charge in [-0.2, -0.15) is 0 Å². The molecule has 1 aliphatic carbocycles. The van der Waals surface area contributed by atoms with Crippen LogP contribution in [0.15, 0.2) is 36.7 Å². The van der Waals surface area contributed by atoms with E-state index in [9.17, 15) is 0 Å². The fraction of sp³-hybridized carbons (Fsp3) is 0.333. The van der Waals surface area contributed by atoms with E-state index in [0.29, 0.717) is 0 Å². The van der Waals surface area contributed by atoms with E-state index in [4.69, 9.17) is 0 Å². The van der Waals surface area contributed by atoms with Crippen molar-refractivity contribution in [2.45, 2.75) is 32.7 Å². The molecule has 22 heavy (non-hydrogen) atoms. The molecule has 1 aromatic carbocycles. The highest BCUT2D eigenvalue weighted by Crippen LogP contribution is 2.39. The van der Waals surface area contributed by atoms with E-state index in [1.807, 2.05) is 17.4 Å². The van der Waals surface area contributed by atoms with Crippen molar-refractivity contribution in [3.63, 3.8) is 0 Å². The normalized spacial score (nSPS) is 17.4. The lowest BCUT2D eigenvalue weighted by Crippen LogP contribution is -2.09. The topological polar surface area (TPSA) is 37.8 Å². The van der Waals surface area contributed by atoms with Crippen LogP contribution in [0.5, 0.6) is 0 Å². The third-order valence-electron chi connectivity index (χ3n) is 4.39. The maximum atomic E-state index is 4.51. The molecule has 0 aliphatic heterocycles. The van der Waals surface area contributed by atoms with Crippen LogP contribution in [0.25, 0.3) is 10.2 Å². The molecule has 0 fully saturated rings. The molecule has 0 unspecified atom stereocenters. The highest BCUT2D eigenvalue weighted by molar-refractivity contribution is 7.19. The number of hydrogen-bond donors (Lipinski definition) is 1. The minimum absolute atomic E-state index is 0.786. The number of aryl methyl sites for hydroxylation is 1. The first-order valence-corrected chi connectivity index (χ1v) is 8.66. The SMILES string of the molecule is C[C@@H]1CCc2c(sc3ncnc(NCc4ccccc4)c23)C1. The molecule has 0 amide bonds. The van der Waals surface area contributed by atoms with Gasteiger partial charge in [0.15, 0.2) is 0 Å². The van der Waals surface area contributed by atoms with Gasteiger partial charge in [-0.25, -0.2) is 9.97 Å². The molecule has 0 bridgehead atoms. The zero-order valence-electron chi connectivity index (χ0n) is 12.7. The average molecular weight is 309 g/mol. The Balaban J connectivity index is 1.69. The Labute approximate surface area is 134 Å². The van der Waals surface area contributed by atoms with Gasteiger partial charge in [0.1, 0.15) is 17.0 Å². The molecule has 0 radical (unpaired) electrons. The minimum Gasteiger partial charge on any atom is -0.365 e. The predicted molar refractivity (Wildman–Crippen MR) is 92.4 cm³/mol. The first-order chi connectivity index (χ1) is 10.8. The fourth-order valence-corrected chi connectivity index (χ4v) is 4.54. The highest BCUT2D eigenvalue weighted by atomic mass is 32.1. The number of nitrogens with one attached hydrogen (secondary N) is 1. The number of hydrogen-bond acceptors (Lipinski definition) is 4. The van der Waals surface area contributed by atoms with Gasteiger partial charge in [-0.15, -0.1) is 11.3 Å². The molecule has 0 saturated carbocycles. The van der Waals surface area contributed by atoms with Gasteiger partial charge in [0, 0.05) is 11.4 Å². The van der Waals surface area contributed by atoms with Crippen molar-refractivity contribution >= 4 is 27.4 Å². The molecular formula is C18H19N3S. The standard InChI is InChI=1S/C18H19N3S/c1-12-7-8-14-15(9-12)22-18-16(14)17(20-11-21-18)19-10-13-5-3-2-4-6-13/h2-6,11-12H,7-10H2,1H3,(H,19,20,21)/t12-/m1/s1. The number of thiophene rings is 1. The van der Waals surface area contributed by atoms with Crippen LogP contribution < -0.4 is 5.32 Å². The first kappa shape index (κ1) is 13.7. The maximum Gasteiger partial charge on any atom is 0.138 e. The van der Waals surface area contributed by atoms with Crippen molar-refractivity contribution < 1.29 is 0 Å². The Morgan fingerprint density at radius 2 is 2.09 bits per heavy atom. The second-order valence-electron chi connectivity index (χ2n) is 6.09. The van der Waals surface area contributed by atoms with Crippen LogP contribution >= 0.6 is 11.3 Å². The Morgan fingerprint density at radius 3 is 2.95 bits per heavy atom. The summed E-state index contributed by atoms with van der Waals surface area (Å²) in [6.07, 6.45) is 5.30. The number of anilines is 1. The molecular weight excluding hydrogens is 290 g/mol. The molecule has 2 heterocycles. The zero-order valence-corrected chi connectivity index (χ0v) is 13.5. The van der Waals surface area contributed by atoms with E-state index >= 15 is 0 Å². The summed E-state index contributed by atoms with van der Waals surface area (Å²) in [6.45, 7) is 3.14. The molecule has 1 aliphatic rings. The summed E-state index contributed by atoms with van der Waals surface area (Å²) < 4.78 is 0. The van der Waals surface area contributed by atoms with Gasteiger partial charge in [0.25, 0.3) is 0 Å². The van der Waals surface area contributed by atoms with Crippen molar-refractivity contribution in [2.24, 2.45) is 5.92 Å². The zero-order chi connectivity index (χ0) is 14.9. The van der Waals surface area contributed by atoms with Gasteiger partial charge >= 0.3 is 0 Å². The van der Waals surface area contributed by atoms with Gasteiger partial charge in [-0.3, -0.25) is 0 Å². The predicted octanol–water partition coefficient (Wildman–Crippen LogP) is 4.43. The third-order valence-corrected chi connectivity index (χ3v) is 5.56. The smallest absolute Gasteiger partial charge is 0.138 e. The van der Waals surface area contributed by atoms with Crippen molar-refractivity contribution in [3.8, 4) is 0 Å². The molecule has 0 saturated heterocycles. The van der Waals surface area contributed by atoms with Gasteiger partial charge < -0.3 is 5.32 Å². The Morgan fingerprint density at radius 1 is 1.23 bits per heavy atom. The third kappa shape index (κ3) is 2.48. The van der Waals surface area contributed by atoms with Gasteiger partial charge in [0.05, 0.1) is 5.39 Å². The molecule has 4 heteroatoms. The van der Waals surface area contributed by atoms with Crippen molar-refractivity contribution in [2.75, 3.05) is 5.32 Å². The largest absolute Gasteiger partial charge is 0.365 e. The number of fused-ring (bicyclic) bond motifs is 3. The lowest BCUT2D eigenvalue weighted by atomic mass is 9.89. The van der Waals surface area contributed by atoms with Gasteiger partial charge in [-0.05, 0) is 36.3 Å². The Hall–Kier alpha value is -1.94. The quantitative estimate of drug-likeness (QED) is 0.778. The number of benzene rings is 1. The molecule has 4 rings (SSSR count). The lowest BCUT2D eigenvalue weighted by molar-refractivity contribution is 0.509. The van der Waals surface area contributed by atoms with E-state index in [1.165, 1.54) is 34.2 Å². The fourth-order valence-electron chi connectivity index (χ4n) is 3.19. The van der Waals surface area contributed by atoms with E-state index in [1.54, 1.807) is 6.33 Å². The lowest BCUT2D eigenvalue weighted by Gasteiger charge is -2.18. The second-order valence-corrected chi connectivity index (χ2v) is 7.18. The Kier molecular flexibility index (Phi) is 3.54. The molecule has 112 valence electrons. The molecule has 0 spiro atoms. The average Bonchev–Trinajstić information content (AvgIpc) is 2.91. The van der Waals surface area contributed by atoms with E-state index in [-0.39, 0.29) is 0 Å². The first-order valence-electron chi connectivity index (χ1n) is 7.84. The van der Waals surface area contributed by atoms with Crippen LogP contribution in [-0.2, 0) is 19.4 Å². The molecule has 3 nitrogen and oxygen atoms in total. The summed E-state index contributed by atoms with van der Waals surface area (Å²) in [4.78, 5) is 11.6. The van der Waals surface area contributed by atoms with Crippen molar-refractivity contribution in [1.82, 2.24) is 9.97 Å². The monoisotopic (exact) mass is 309 g/mol. The number of aromatic nitrogens is 2. The maximum absolute atomic E-state index is 4.51. The molecule has 3 aromatic rings. The van der Waals surface area contributed by atoms with Crippen LogP contribution in [0.1, 0.15) is 29.3 Å². The minimum atomic E-state index is 0.786.